The second-order valence-electron chi connectivity index (χ2n) is 0.622. The summed E-state index contributed by atoms with van der Waals surface area (Å²) in [5.41, 5.74) is 0. The van der Waals surface area contributed by atoms with Crippen molar-refractivity contribution in [3.05, 3.63) is 12.8 Å². The zero-order valence-electron chi connectivity index (χ0n) is 4.11. The predicted molar refractivity (Wildman–Crippen MR) is 26.8 cm³/mol. The second kappa shape index (κ2) is 8.82. The van der Waals surface area contributed by atoms with Gasteiger partial charge in [0.25, 0.3) is 0 Å². The summed E-state index contributed by atoms with van der Waals surface area (Å²) < 4.78 is 4.60. The Morgan fingerprint density at radius 3 is 2.33 bits per heavy atom. The summed E-state index contributed by atoms with van der Waals surface area (Å²) in [4.78, 5) is 0. The average molecular weight is 89.1 g/mol. The largest absolute Gasteiger partial charge is 0.502 e. The maximum Gasteiger partial charge on any atom is 0.0844 e. The SMILES string of the molecule is C=COCC.N. The van der Waals surface area contributed by atoms with E-state index in [0.717, 1.165) is 6.61 Å². The highest BCUT2D eigenvalue weighted by atomic mass is 16.5. The third-order valence-corrected chi connectivity index (χ3v) is 0.285. The third-order valence-electron chi connectivity index (χ3n) is 0.285. The molecule has 0 rings (SSSR count). The lowest BCUT2D eigenvalue weighted by Gasteiger charge is -1.84. The van der Waals surface area contributed by atoms with Crippen molar-refractivity contribution in [3.63, 3.8) is 0 Å². The summed E-state index contributed by atoms with van der Waals surface area (Å²) in [5.74, 6) is 0. The highest BCUT2D eigenvalue weighted by Gasteiger charge is 1.55. The van der Waals surface area contributed by atoms with Crippen molar-refractivity contribution >= 4 is 0 Å². The van der Waals surface area contributed by atoms with Crippen LogP contribution in [0.1, 0.15) is 6.92 Å². The van der Waals surface area contributed by atoms with Crippen LogP contribution < -0.4 is 6.15 Å². The molecule has 6 heavy (non-hydrogen) atoms. The molecule has 0 aromatic heterocycles. The minimum Gasteiger partial charge on any atom is -0.502 e. The first-order valence-electron chi connectivity index (χ1n) is 1.64. The van der Waals surface area contributed by atoms with Crippen molar-refractivity contribution in [1.29, 1.82) is 0 Å². The molecule has 0 bridgehead atoms. The molecule has 0 aliphatic carbocycles. The Bertz CT molecular complexity index is 28.7. The lowest BCUT2D eigenvalue weighted by atomic mass is 10.9. The average Bonchev–Trinajstić information content (AvgIpc) is 1.41. The molecule has 2 heteroatoms. The molecule has 0 heterocycles. The van der Waals surface area contributed by atoms with Gasteiger partial charge in [-0.3, -0.25) is 0 Å². The molecule has 0 aliphatic rings. The molecular formula is C4H11NO. The lowest BCUT2D eigenvalue weighted by molar-refractivity contribution is 0.270. The lowest BCUT2D eigenvalue weighted by Crippen LogP contribution is -1.72. The molecule has 0 radical (unpaired) electrons. The second-order valence-corrected chi connectivity index (χ2v) is 0.622. The Hall–Kier alpha value is -0.500. The van der Waals surface area contributed by atoms with E-state index in [2.05, 4.69) is 11.3 Å². The Balaban J connectivity index is 0. The number of hydrogen-bond acceptors (Lipinski definition) is 2. The molecule has 0 atom stereocenters. The van der Waals surface area contributed by atoms with Gasteiger partial charge in [0.1, 0.15) is 0 Å². The van der Waals surface area contributed by atoms with E-state index in [9.17, 15) is 0 Å². The Labute approximate surface area is 38.4 Å². The molecule has 0 saturated carbocycles. The van der Waals surface area contributed by atoms with Crippen LogP contribution in [0.3, 0.4) is 0 Å². The topological polar surface area (TPSA) is 44.2 Å². The van der Waals surface area contributed by atoms with Gasteiger partial charge in [0, 0.05) is 0 Å². The molecule has 0 amide bonds. The summed E-state index contributed by atoms with van der Waals surface area (Å²) in [6.07, 6.45) is 1.43. The van der Waals surface area contributed by atoms with Gasteiger partial charge in [-0.2, -0.15) is 0 Å². The van der Waals surface area contributed by atoms with E-state index in [1.54, 1.807) is 0 Å². The van der Waals surface area contributed by atoms with Gasteiger partial charge >= 0.3 is 0 Å². The highest BCUT2D eigenvalue weighted by molar-refractivity contribution is 4.45. The number of ether oxygens (including phenoxy) is 1. The summed E-state index contributed by atoms with van der Waals surface area (Å²) in [7, 11) is 0. The van der Waals surface area contributed by atoms with Crippen LogP contribution in [0.4, 0.5) is 0 Å². The van der Waals surface area contributed by atoms with Crippen LogP contribution in [0.2, 0.25) is 0 Å². The van der Waals surface area contributed by atoms with E-state index in [4.69, 9.17) is 0 Å². The third kappa shape index (κ3) is 9.72. The quantitative estimate of drug-likeness (QED) is 0.518. The molecule has 0 aliphatic heterocycles. The van der Waals surface area contributed by atoms with Crippen molar-refractivity contribution in [2.45, 2.75) is 6.92 Å². The van der Waals surface area contributed by atoms with Crippen molar-refractivity contribution in [2.24, 2.45) is 0 Å². The fourth-order valence-electron chi connectivity index (χ4n) is 0.118. The predicted octanol–water partition coefficient (Wildman–Crippen LogP) is 1.33. The van der Waals surface area contributed by atoms with E-state index in [1.807, 2.05) is 6.92 Å². The van der Waals surface area contributed by atoms with Crippen molar-refractivity contribution in [2.75, 3.05) is 6.61 Å². The first-order chi connectivity index (χ1) is 2.41. The monoisotopic (exact) mass is 89.1 g/mol. The molecule has 3 N–H and O–H groups in total. The van der Waals surface area contributed by atoms with Gasteiger partial charge in [-0.15, -0.1) is 0 Å². The first kappa shape index (κ1) is 9.09. The molecule has 0 saturated heterocycles. The van der Waals surface area contributed by atoms with Crippen molar-refractivity contribution in [3.8, 4) is 0 Å². The minimum absolute atomic E-state index is 0. The zero-order valence-corrected chi connectivity index (χ0v) is 4.11. The van der Waals surface area contributed by atoms with Crippen LogP contribution >= 0.6 is 0 Å². The fourth-order valence-corrected chi connectivity index (χ4v) is 0.118. The standard InChI is InChI=1S/C4H8O.H3N/c1-3-5-4-2;/h3H,1,4H2,2H3;1H3. The van der Waals surface area contributed by atoms with Crippen LogP contribution in [-0.2, 0) is 4.74 Å². The van der Waals surface area contributed by atoms with Gasteiger partial charge in [-0.05, 0) is 6.92 Å². The van der Waals surface area contributed by atoms with E-state index in [-0.39, 0.29) is 6.15 Å². The number of hydrogen-bond donors (Lipinski definition) is 1. The molecular weight excluding hydrogens is 78.0 g/mol. The fraction of sp³-hybridized carbons (Fsp3) is 0.500. The van der Waals surface area contributed by atoms with Crippen LogP contribution in [0, 0.1) is 0 Å². The van der Waals surface area contributed by atoms with Gasteiger partial charge in [-0.1, -0.05) is 6.58 Å². The van der Waals surface area contributed by atoms with Gasteiger partial charge in [-0.25, -0.2) is 0 Å². The Kier molecular flexibility index (Phi) is 13.4. The normalized spacial score (nSPS) is 5.50. The Morgan fingerprint density at radius 1 is 1.83 bits per heavy atom. The maximum atomic E-state index is 4.60. The summed E-state index contributed by atoms with van der Waals surface area (Å²) >= 11 is 0. The van der Waals surface area contributed by atoms with Crippen LogP contribution in [0.5, 0.6) is 0 Å². The molecule has 2 nitrogen and oxygen atoms in total. The summed E-state index contributed by atoms with van der Waals surface area (Å²) in [6, 6.07) is 0. The zero-order chi connectivity index (χ0) is 4.12. The van der Waals surface area contributed by atoms with Gasteiger partial charge in [0.15, 0.2) is 0 Å². The van der Waals surface area contributed by atoms with Gasteiger partial charge in [0.2, 0.25) is 0 Å². The molecule has 0 unspecified atom stereocenters. The first-order valence-corrected chi connectivity index (χ1v) is 1.64. The number of rotatable bonds is 2. The van der Waals surface area contributed by atoms with Crippen LogP contribution in [0.25, 0.3) is 0 Å². The van der Waals surface area contributed by atoms with E-state index >= 15 is 0 Å². The maximum absolute atomic E-state index is 4.60. The van der Waals surface area contributed by atoms with Crippen molar-refractivity contribution < 1.29 is 4.74 Å². The summed E-state index contributed by atoms with van der Waals surface area (Å²) in [5, 5.41) is 0. The van der Waals surface area contributed by atoms with Gasteiger partial charge in [0.05, 0.1) is 12.9 Å². The van der Waals surface area contributed by atoms with E-state index < -0.39 is 0 Å². The van der Waals surface area contributed by atoms with Crippen molar-refractivity contribution in [1.82, 2.24) is 6.15 Å². The molecule has 0 aromatic rings. The summed E-state index contributed by atoms with van der Waals surface area (Å²) in [6.45, 7) is 5.97. The van der Waals surface area contributed by atoms with E-state index in [0.29, 0.717) is 0 Å². The van der Waals surface area contributed by atoms with Crippen LogP contribution in [0.15, 0.2) is 12.8 Å². The smallest absolute Gasteiger partial charge is 0.0844 e. The molecule has 0 fully saturated rings. The molecule has 38 valence electrons. The van der Waals surface area contributed by atoms with E-state index in [1.165, 1.54) is 6.26 Å². The van der Waals surface area contributed by atoms with Gasteiger partial charge < -0.3 is 10.9 Å². The Morgan fingerprint density at radius 2 is 2.33 bits per heavy atom. The molecule has 0 spiro atoms. The molecule has 0 aromatic carbocycles. The highest BCUT2D eigenvalue weighted by Crippen LogP contribution is 1.65. The van der Waals surface area contributed by atoms with Crippen LogP contribution in [-0.4, -0.2) is 6.61 Å². The minimum atomic E-state index is 0.